The molecule has 4 nitrogen and oxygen atoms in total. The summed E-state index contributed by atoms with van der Waals surface area (Å²) >= 11 is 0. The Hall–Kier alpha value is -2.62. The average molecular weight is 421 g/mol. The van der Waals surface area contributed by atoms with Gasteiger partial charge in [-0.3, -0.25) is 9.59 Å². The minimum atomic E-state index is -0.0265. The van der Waals surface area contributed by atoms with E-state index in [1.54, 1.807) is 0 Å². The van der Waals surface area contributed by atoms with Gasteiger partial charge in [0.1, 0.15) is 0 Å². The van der Waals surface area contributed by atoms with Crippen LogP contribution in [-0.2, 0) is 10.8 Å². The predicted octanol–water partition coefficient (Wildman–Crippen LogP) is 5.27. The highest BCUT2D eigenvalue weighted by Gasteiger charge is 2.31. The topological polar surface area (TPSA) is 40.6 Å². The van der Waals surface area contributed by atoms with Crippen LogP contribution in [0.2, 0.25) is 0 Å². The first kappa shape index (κ1) is 23.1. The molecule has 0 N–H and O–H groups in total. The van der Waals surface area contributed by atoms with Crippen molar-refractivity contribution in [2.24, 2.45) is 0 Å². The summed E-state index contributed by atoms with van der Waals surface area (Å²) in [4.78, 5) is 29.8. The molecule has 1 fully saturated rings. The number of carbonyl (C=O) groups excluding carboxylic acids is 2. The van der Waals surface area contributed by atoms with Crippen molar-refractivity contribution in [2.45, 2.75) is 65.3 Å². The van der Waals surface area contributed by atoms with Crippen molar-refractivity contribution in [1.82, 2.24) is 9.80 Å². The summed E-state index contributed by atoms with van der Waals surface area (Å²) in [5, 5.41) is 0. The van der Waals surface area contributed by atoms with Gasteiger partial charge in [-0.2, -0.15) is 0 Å². The first-order chi connectivity index (χ1) is 14.4. The highest BCUT2D eigenvalue weighted by Crippen LogP contribution is 2.25. The molecule has 1 saturated heterocycles. The maximum absolute atomic E-state index is 13.1. The third-order valence-electron chi connectivity index (χ3n) is 6.17. The van der Waals surface area contributed by atoms with Gasteiger partial charge in [-0.25, -0.2) is 0 Å². The van der Waals surface area contributed by atoms with Crippen LogP contribution in [0.1, 0.15) is 80.3 Å². The second kappa shape index (κ2) is 8.49. The number of nitrogens with zero attached hydrogens (tertiary/aromatic N) is 2. The fourth-order valence-electron chi connectivity index (χ4n) is 4.02. The number of amides is 2. The zero-order valence-corrected chi connectivity index (χ0v) is 20.0. The van der Waals surface area contributed by atoms with Crippen molar-refractivity contribution in [3.63, 3.8) is 0 Å². The van der Waals surface area contributed by atoms with E-state index in [2.05, 4.69) is 41.5 Å². The van der Waals surface area contributed by atoms with Crippen LogP contribution in [0.5, 0.6) is 0 Å². The predicted molar refractivity (Wildman–Crippen MR) is 127 cm³/mol. The van der Waals surface area contributed by atoms with Crippen molar-refractivity contribution in [3.8, 4) is 0 Å². The molecular formula is C27H36N2O2. The van der Waals surface area contributed by atoms with Crippen LogP contribution in [0.4, 0.5) is 0 Å². The molecule has 1 unspecified atom stereocenters. The molecule has 0 saturated carbocycles. The summed E-state index contributed by atoms with van der Waals surface area (Å²) in [6.45, 7) is 16.7. The second-order valence-electron chi connectivity index (χ2n) is 10.8. The van der Waals surface area contributed by atoms with Gasteiger partial charge in [0.25, 0.3) is 11.8 Å². The highest BCUT2D eigenvalue weighted by atomic mass is 16.2. The minimum absolute atomic E-state index is 0.0265. The lowest BCUT2D eigenvalue weighted by atomic mass is 9.86. The standard InChI is InChI=1S/C27H36N2O2/c1-19-18-28(24(30)20-8-12-22(13-9-20)26(2,3)4)16-17-29(19)25(31)21-10-14-23(15-11-21)27(5,6)7/h8-15,19H,16-18H2,1-7H3. The summed E-state index contributed by atoms with van der Waals surface area (Å²) in [6.07, 6.45) is 0. The number of hydrogen-bond acceptors (Lipinski definition) is 2. The van der Waals surface area contributed by atoms with Gasteiger partial charge in [0, 0.05) is 36.8 Å². The molecule has 1 heterocycles. The quantitative estimate of drug-likeness (QED) is 0.664. The molecule has 2 amide bonds. The van der Waals surface area contributed by atoms with E-state index in [9.17, 15) is 9.59 Å². The first-order valence-electron chi connectivity index (χ1n) is 11.2. The molecular weight excluding hydrogens is 384 g/mol. The van der Waals surface area contributed by atoms with Crippen LogP contribution in [0.15, 0.2) is 48.5 Å². The average Bonchev–Trinajstić information content (AvgIpc) is 2.71. The van der Waals surface area contributed by atoms with E-state index < -0.39 is 0 Å². The van der Waals surface area contributed by atoms with Gasteiger partial charge < -0.3 is 9.80 Å². The number of carbonyl (C=O) groups is 2. The zero-order chi connectivity index (χ0) is 23.0. The SMILES string of the molecule is CC1CN(C(=O)c2ccc(C(C)(C)C)cc2)CCN1C(=O)c1ccc(C(C)(C)C)cc1. The third-order valence-corrected chi connectivity index (χ3v) is 6.17. The second-order valence-corrected chi connectivity index (χ2v) is 10.8. The Kier molecular flexibility index (Phi) is 6.31. The summed E-state index contributed by atoms with van der Waals surface area (Å²) in [5.74, 6) is 0.0727. The van der Waals surface area contributed by atoms with Gasteiger partial charge in [0.05, 0.1) is 0 Å². The number of hydrogen-bond donors (Lipinski definition) is 0. The van der Waals surface area contributed by atoms with E-state index in [4.69, 9.17) is 0 Å². The zero-order valence-electron chi connectivity index (χ0n) is 20.0. The lowest BCUT2D eigenvalue weighted by Gasteiger charge is -2.40. The molecule has 2 aromatic rings. The van der Waals surface area contributed by atoms with Gasteiger partial charge in [0.2, 0.25) is 0 Å². The Bertz CT molecular complexity index is 931. The summed E-state index contributed by atoms with van der Waals surface area (Å²) in [5.41, 5.74) is 3.96. The Morgan fingerprint density at radius 2 is 1.13 bits per heavy atom. The van der Waals surface area contributed by atoms with Crippen molar-refractivity contribution in [2.75, 3.05) is 19.6 Å². The van der Waals surface area contributed by atoms with E-state index >= 15 is 0 Å². The molecule has 2 aromatic carbocycles. The molecule has 0 spiro atoms. The van der Waals surface area contributed by atoms with Crippen molar-refractivity contribution >= 4 is 11.8 Å². The lowest BCUT2D eigenvalue weighted by Crippen LogP contribution is -2.55. The molecule has 0 bridgehead atoms. The van der Waals surface area contributed by atoms with Gasteiger partial charge in [-0.05, 0) is 53.1 Å². The van der Waals surface area contributed by atoms with Crippen molar-refractivity contribution < 1.29 is 9.59 Å². The van der Waals surface area contributed by atoms with E-state index in [0.717, 1.165) is 0 Å². The van der Waals surface area contributed by atoms with E-state index in [0.29, 0.717) is 30.8 Å². The van der Waals surface area contributed by atoms with Gasteiger partial charge in [-0.1, -0.05) is 65.8 Å². The number of rotatable bonds is 2. The van der Waals surface area contributed by atoms with E-state index in [1.165, 1.54) is 11.1 Å². The van der Waals surface area contributed by atoms with Crippen LogP contribution in [0.25, 0.3) is 0 Å². The molecule has 4 heteroatoms. The van der Waals surface area contributed by atoms with Gasteiger partial charge in [0.15, 0.2) is 0 Å². The third kappa shape index (κ3) is 5.17. The molecule has 166 valence electrons. The Balaban J connectivity index is 1.66. The molecule has 3 rings (SSSR count). The fourth-order valence-corrected chi connectivity index (χ4v) is 4.02. The monoisotopic (exact) mass is 420 g/mol. The molecule has 1 aliphatic rings. The first-order valence-corrected chi connectivity index (χ1v) is 11.2. The van der Waals surface area contributed by atoms with Gasteiger partial charge >= 0.3 is 0 Å². The molecule has 1 atom stereocenters. The van der Waals surface area contributed by atoms with Crippen LogP contribution < -0.4 is 0 Å². The van der Waals surface area contributed by atoms with Crippen LogP contribution >= 0.6 is 0 Å². The molecule has 0 aromatic heterocycles. The minimum Gasteiger partial charge on any atom is -0.335 e. The highest BCUT2D eigenvalue weighted by molar-refractivity contribution is 5.96. The maximum Gasteiger partial charge on any atom is 0.254 e. The van der Waals surface area contributed by atoms with Crippen LogP contribution in [0, 0.1) is 0 Å². The molecule has 31 heavy (non-hydrogen) atoms. The Morgan fingerprint density at radius 1 is 0.710 bits per heavy atom. The summed E-state index contributed by atoms with van der Waals surface area (Å²) in [6, 6.07) is 15.8. The lowest BCUT2D eigenvalue weighted by molar-refractivity contribution is 0.0414. The fraction of sp³-hybridized carbons (Fsp3) is 0.481. The van der Waals surface area contributed by atoms with E-state index in [1.807, 2.05) is 65.3 Å². The largest absolute Gasteiger partial charge is 0.335 e. The van der Waals surface area contributed by atoms with Crippen molar-refractivity contribution in [1.29, 1.82) is 0 Å². The van der Waals surface area contributed by atoms with Crippen molar-refractivity contribution in [3.05, 3.63) is 70.8 Å². The van der Waals surface area contributed by atoms with Crippen LogP contribution in [-0.4, -0.2) is 47.3 Å². The van der Waals surface area contributed by atoms with Crippen LogP contribution in [0.3, 0.4) is 0 Å². The molecule has 0 aliphatic carbocycles. The number of benzene rings is 2. The number of piperazine rings is 1. The summed E-state index contributed by atoms with van der Waals surface area (Å²) < 4.78 is 0. The Labute approximate surface area is 187 Å². The Morgan fingerprint density at radius 3 is 1.52 bits per heavy atom. The van der Waals surface area contributed by atoms with E-state index in [-0.39, 0.29) is 28.7 Å². The van der Waals surface area contributed by atoms with Gasteiger partial charge in [-0.15, -0.1) is 0 Å². The normalized spacial score (nSPS) is 17.6. The molecule has 1 aliphatic heterocycles. The maximum atomic E-state index is 13.1. The summed E-state index contributed by atoms with van der Waals surface area (Å²) in [7, 11) is 0. The smallest absolute Gasteiger partial charge is 0.254 e. The molecule has 0 radical (unpaired) electrons.